The van der Waals surface area contributed by atoms with Gasteiger partial charge in [-0.3, -0.25) is 4.90 Å². The number of ether oxygens (including phenoxy) is 2. The molecular formula is C23H24F4N8O2. The van der Waals surface area contributed by atoms with Crippen LogP contribution in [0.5, 0.6) is 5.88 Å². The van der Waals surface area contributed by atoms with Gasteiger partial charge in [-0.1, -0.05) is 11.3 Å². The van der Waals surface area contributed by atoms with E-state index in [2.05, 4.69) is 25.7 Å². The lowest BCUT2D eigenvalue weighted by atomic mass is 10.0. The molecular weight excluding hydrogens is 496 g/mol. The number of rotatable bonds is 7. The lowest BCUT2D eigenvalue weighted by Gasteiger charge is -2.42. The van der Waals surface area contributed by atoms with Gasteiger partial charge in [-0.15, -0.1) is 10.2 Å². The number of aromatic nitrogens is 6. The van der Waals surface area contributed by atoms with Gasteiger partial charge in [0.25, 0.3) is 6.43 Å². The fourth-order valence-electron chi connectivity index (χ4n) is 4.78. The highest BCUT2D eigenvalue weighted by Gasteiger charge is 2.36. The summed E-state index contributed by atoms with van der Waals surface area (Å²) in [6.45, 7) is 0.450. The minimum atomic E-state index is -2.63. The van der Waals surface area contributed by atoms with Gasteiger partial charge in [0.2, 0.25) is 11.8 Å². The average Bonchev–Trinajstić information content (AvgIpc) is 3.42. The smallest absolute Gasteiger partial charge is 0.258 e. The van der Waals surface area contributed by atoms with Crippen LogP contribution in [0.3, 0.4) is 0 Å². The minimum Gasteiger partial charge on any atom is -0.479 e. The number of nitrogens with zero attached hydrogens (tertiary/aromatic N) is 7. The number of alkyl halides is 3. The van der Waals surface area contributed by atoms with Gasteiger partial charge in [0.15, 0.2) is 5.82 Å². The molecule has 10 nitrogen and oxygen atoms in total. The minimum absolute atomic E-state index is 0.0466. The second-order valence-electron chi connectivity index (χ2n) is 9.02. The summed E-state index contributed by atoms with van der Waals surface area (Å²) in [5, 5.41) is 15.0. The number of benzene rings is 1. The molecule has 0 unspecified atom stereocenters. The molecule has 196 valence electrons. The van der Waals surface area contributed by atoms with Crippen molar-refractivity contribution in [2.45, 2.75) is 37.6 Å². The van der Waals surface area contributed by atoms with Gasteiger partial charge in [0.1, 0.15) is 23.7 Å². The third-order valence-corrected chi connectivity index (χ3v) is 6.70. The van der Waals surface area contributed by atoms with Crippen LogP contribution in [0.1, 0.15) is 7.79 Å². The van der Waals surface area contributed by atoms with E-state index in [9.17, 15) is 8.78 Å². The third-order valence-electron chi connectivity index (χ3n) is 6.70. The molecule has 2 fully saturated rings. The molecule has 5 heterocycles. The summed E-state index contributed by atoms with van der Waals surface area (Å²) < 4.78 is 77.5. The van der Waals surface area contributed by atoms with Gasteiger partial charge in [-0.2, -0.15) is 4.98 Å². The van der Waals surface area contributed by atoms with Crippen molar-refractivity contribution in [2.24, 2.45) is 0 Å². The number of likely N-dealkylation sites (tertiary alicyclic amines) is 1. The first-order valence-corrected chi connectivity index (χ1v) is 11.7. The highest BCUT2D eigenvalue weighted by atomic mass is 19.3. The normalized spacial score (nSPS) is 22.4. The molecule has 1 N–H and O–H groups in total. The Hall–Kier alpha value is -3.52. The number of halogens is 4. The first kappa shape index (κ1) is 22.7. The van der Waals surface area contributed by atoms with Crippen LogP contribution in [-0.4, -0.2) is 92.6 Å². The Balaban J connectivity index is 1.31. The summed E-state index contributed by atoms with van der Waals surface area (Å²) in [4.78, 5) is 6.13. The van der Waals surface area contributed by atoms with Gasteiger partial charge < -0.3 is 14.8 Å². The number of nitrogens with one attached hydrogen (secondary N) is 1. The zero-order valence-corrected chi connectivity index (χ0v) is 19.7. The summed E-state index contributed by atoms with van der Waals surface area (Å²) in [5.41, 5.74) is 1.41. The van der Waals surface area contributed by atoms with Crippen LogP contribution in [0, 0.1) is 5.82 Å². The molecule has 0 bridgehead atoms. The van der Waals surface area contributed by atoms with Crippen molar-refractivity contribution in [3.63, 3.8) is 0 Å². The van der Waals surface area contributed by atoms with E-state index >= 15 is 8.78 Å². The Morgan fingerprint density at radius 2 is 2.16 bits per heavy atom. The van der Waals surface area contributed by atoms with Crippen LogP contribution in [-0.2, 0) is 11.3 Å². The zero-order valence-electron chi connectivity index (χ0n) is 20.7. The quantitative estimate of drug-likeness (QED) is 0.371. The summed E-state index contributed by atoms with van der Waals surface area (Å²) in [6, 6.07) is 3.19. The second kappa shape index (κ2) is 9.41. The van der Waals surface area contributed by atoms with Crippen molar-refractivity contribution in [3.8, 4) is 17.0 Å². The Labute approximate surface area is 209 Å². The maximum atomic E-state index is 15.3. The van der Waals surface area contributed by atoms with Crippen molar-refractivity contribution in [1.82, 2.24) is 34.5 Å². The number of methoxy groups -OCH3 is 1. The predicted molar refractivity (Wildman–Crippen MR) is 125 cm³/mol. The Kier molecular flexibility index (Phi) is 5.76. The lowest BCUT2D eigenvalue weighted by Crippen LogP contribution is -2.57. The largest absolute Gasteiger partial charge is 0.479 e. The maximum absolute atomic E-state index is 15.3. The molecule has 0 aliphatic carbocycles. The number of hydrogen-bond donors (Lipinski definition) is 1. The van der Waals surface area contributed by atoms with Crippen molar-refractivity contribution in [1.29, 1.82) is 0 Å². The number of piperidine rings is 1. The molecule has 2 saturated heterocycles. The molecule has 14 heteroatoms. The van der Waals surface area contributed by atoms with Gasteiger partial charge in [0, 0.05) is 13.1 Å². The van der Waals surface area contributed by atoms with E-state index in [1.54, 1.807) is 17.0 Å². The van der Waals surface area contributed by atoms with E-state index in [1.807, 2.05) is 0 Å². The highest BCUT2D eigenvalue weighted by Crippen LogP contribution is 2.35. The van der Waals surface area contributed by atoms with Crippen LogP contribution in [0.15, 0.2) is 24.4 Å². The molecule has 6 rings (SSSR count). The van der Waals surface area contributed by atoms with Gasteiger partial charge in [-0.05, 0) is 24.1 Å². The molecule has 1 aromatic carbocycles. The van der Waals surface area contributed by atoms with Crippen molar-refractivity contribution in [3.05, 3.63) is 30.2 Å². The van der Waals surface area contributed by atoms with Crippen LogP contribution in [0.25, 0.3) is 27.7 Å². The van der Waals surface area contributed by atoms with Crippen LogP contribution >= 0.6 is 0 Å². The van der Waals surface area contributed by atoms with Crippen molar-refractivity contribution in [2.75, 3.05) is 38.7 Å². The first-order valence-electron chi connectivity index (χ1n) is 12.2. The monoisotopic (exact) mass is 521 g/mol. The molecule has 0 spiro atoms. The zero-order chi connectivity index (χ0) is 26.6. The van der Waals surface area contributed by atoms with E-state index in [-0.39, 0.29) is 42.7 Å². The molecule has 4 aromatic rings. The Morgan fingerprint density at radius 1 is 1.32 bits per heavy atom. The number of anilines is 1. The molecule has 2 aliphatic rings. The average molecular weight is 521 g/mol. The summed E-state index contributed by atoms with van der Waals surface area (Å²) in [7, 11) is 1.37. The van der Waals surface area contributed by atoms with Crippen LogP contribution < -0.4 is 10.1 Å². The van der Waals surface area contributed by atoms with Gasteiger partial charge in [0.05, 0.1) is 51.0 Å². The number of fused-ring (bicyclic) bond motifs is 2. The summed E-state index contributed by atoms with van der Waals surface area (Å²) >= 11 is 0. The molecule has 37 heavy (non-hydrogen) atoms. The predicted octanol–water partition coefficient (Wildman–Crippen LogP) is 2.78. The molecule has 3 aromatic heterocycles. The van der Waals surface area contributed by atoms with Crippen molar-refractivity contribution >= 4 is 22.5 Å². The molecule has 0 radical (unpaired) electrons. The van der Waals surface area contributed by atoms with E-state index in [4.69, 9.17) is 10.8 Å². The standard InChI is InChI=1S/C23H24F4N8O2/c1-36-22-21-20(12-2-3-17-18(6-12)34(32-30-17)9-19(26)27)15(25)8-35(21)31-23(29-22)28-16-4-5-33(7-14(16)24)13-10-37-11-13/h2-3,6,8,13-14,16,19H,4-5,7,9-11H2,1H3,(H,28,31)/t14-,16-/m0/s1/i13D. The third kappa shape index (κ3) is 4.33. The molecule has 2 aliphatic heterocycles. The maximum Gasteiger partial charge on any atom is 0.258 e. The molecule has 2 atom stereocenters. The Morgan fingerprint density at radius 3 is 2.86 bits per heavy atom. The van der Waals surface area contributed by atoms with Gasteiger partial charge in [-0.25, -0.2) is 26.8 Å². The van der Waals surface area contributed by atoms with Crippen LogP contribution in [0.4, 0.5) is 23.5 Å². The van der Waals surface area contributed by atoms with E-state index < -0.39 is 37.0 Å². The van der Waals surface area contributed by atoms with E-state index in [0.717, 1.165) is 10.9 Å². The SMILES string of the molecule is [2H]C1(N2CC[C@H](Nc3nc(OC)c4c(-c5ccc6nnn(CC(F)F)c6c5)c(F)cn4n3)[C@@H](F)C2)COC1. The topological polar surface area (TPSA) is 94.6 Å². The van der Waals surface area contributed by atoms with Crippen molar-refractivity contribution < 1.29 is 28.4 Å². The van der Waals surface area contributed by atoms with Gasteiger partial charge >= 0.3 is 0 Å². The van der Waals surface area contributed by atoms with E-state index in [0.29, 0.717) is 29.6 Å². The second-order valence-corrected chi connectivity index (χ2v) is 9.02. The number of hydrogen-bond acceptors (Lipinski definition) is 8. The Bertz CT molecular complexity index is 1490. The highest BCUT2D eigenvalue weighted by molar-refractivity contribution is 5.89. The summed E-state index contributed by atoms with van der Waals surface area (Å²) in [5.74, 6) is -0.536. The fraction of sp³-hybridized carbons (Fsp3) is 0.478. The fourth-order valence-corrected chi connectivity index (χ4v) is 4.78. The molecule has 0 saturated carbocycles. The van der Waals surface area contributed by atoms with E-state index in [1.165, 1.54) is 17.7 Å². The summed E-state index contributed by atoms with van der Waals surface area (Å²) in [6.07, 6.45) is -2.36. The lowest BCUT2D eigenvalue weighted by molar-refractivity contribution is -0.0794. The molecule has 0 amide bonds. The van der Waals surface area contributed by atoms with Crippen LogP contribution in [0.2, 0.25) is 0 Å². The first-order chi connectivity index (χ1) is 18.3.